The Labute approximate surface area is 168 Å². The molecule has 2 saturated carbocycles. The average molecular weight is 381 g/mol. The van der Waals surface area contributed by atoms with Gasteiger partial charge in [0.2, 0.25) is 0 Å². The maximum Gasteiger partial charge on any atom is 0.306 e. The monoisotopic (exact) mass is 380 g/mol. The Hall–Kier alpha value is -1.64. The second-order valence-electron chi connectivity index (χ2n) is 10.3. The highest BCUT2D eigenvalue weighted by Crippen LogP contribution is 2.68. The second-order valence-corrected chi connectivity index (χ2v) is 10.3. The third-order valence-electron chi connectivity index (χ3n) is 9.25. The first kappa shape index (κ1) is 18.4. The van der Waals surface area contributed by atoms with Gasteiger partial charge in [0.1, 0.15) is 11.4 Å². The average Bonchev–Trinajstić information content (AvgIpc) is 3.18. The minimum absolute atomic E-state index is 0.0112. The fourth-order valence-electron chi connectivity index (χ4n) is 7.63. The van der Waals surface area contributed by atoms with Gasteiger partial charge in [-0.1, -0.05) is 43.2 Å². The van der Waals surface area contributed by atoms with Crippen LogP contribution in [0.3, 0.4) is 0 Å². The number of hydrogen-bond acceptors (Lipinski definition) is 3. The van der Waals surface area contributed by atoms with Gasteiger partial charge in [-0.05, 0) is 56.3 Å². The van der Waals surface area contributed by atoms with E-state index in [0.717, 1.165) is 38.5 Å². The van der Waals surface area contributed by atoms with Crippen LogP contribution in [-0.4, -0.2) is 17.4 Å². The van der Waals surface area contributed by atoms with Crippen LogP contribution in [0.2, 0.25) is 0 Å². The lowest BCUT2D eigenvalue weighted by atomic mass is 9.49. The summed E-state index contributed by atoms with van der Waals surface area (Å²) in [6, 6.07) is 0. The van der Waals surface area contributed by atoms with E-state index in [-0.39, 0.29) is 22.4 Å². The summed E-state index contributed by atoms with van der Waals surface area (Å²) >= 11 is 0. The van der Waals surface area contributed by atoms with Crippen molar-refractivity contribution < 1.29 is 14.3 Å². The van der Waals surface area contributed by atoms with Crippen LogP contribution in [0.5, 0.6) is 0 Å². The summed E-state index contributed by atoms with van der Waals surface area (Å²) in [5.74, 6) is 1.81. The molecule has 4 aliphatic carbocycles. The second kappa shape index (κ2) is 5.93. The van der Waals surface area contributed by atoms with E-state index in [2.05, 4.69) is 32.6 Å². The molecule has 0 aromatic carbocycles. The first-order chi connectivity index (χ1) is 13.3. The van der Waals surface area contributed by atoms with Gasteiger partial charge in [0.15, 0.2) is 0 Å². The number of hydrogen-bond donors (Lipinski definition) is 0. The minimum atomic E-state index is -0.261. The van der Waals surface area contributed by atoms with E-state index < -0.39 is 0 Å². The minimum Gasteiger partial charge on any atom is -0.458 e. The molecule has 5 rings (SSSR count). The van der Waals surface area contributed by atoms with Crippen molar-refractivity contribution in [3.8, 4) is 0 Å². The largest absolute Gasteiger partial charge is 0.458 e. The summed E-state index contributed by atoms with van der Waals surface area (Å²) in [5, 5.41) is 0. The van der Waals surface area contributed by atoms with Crippen LogP contribution in [0.15, 0.2) is 36.0 Å². The molecule has 28 heavy (non-hydrogen) atoms. The van der Waals surface area contributed by atoms with Gasteiger partial charge in [-0.2, -0.15) is 0 Å². The van der Waals surface area contributed by atoms with E-state index in [9.17, 15) is 9.59 Å². The lowest BCUT2D eigenvalue weighted by molar-refractivity contribution is -0.160. The first-order valence-corrected chi connectivity index (χ1v) is 11.1. The predicted molar refractivity (Wildman–Crippen MR) is 108 cm³/mol. The number of Topliss-reactive ketones (excluding diaryl/α,β-unsaturated/α-hetero) is 1. The zero-order chi connectivity index (χ0) is 19.7. The molecule has 0 bridgehead atoms. The van der Waals surface area contributed by atoms with Crippen molar-refractivity contribution in [2.24, 2.45) is 28.6 Å². The molecule has 1 saturated heterocycles. The molecule has 6 atom stereocenters. The smallest absolute Gasteiger partial charge is 0.306 e. The van der Waals surface area contributed by atoms with Crippen molar-refractivity contribution in [1.29, 1.82) is 0 Å². The van der Waals surface area contributed by atoms with Crippen LogP contribution < -0.4 is 0 Å². The highest BCUT2D eigenvalue weighted by atomic mass is 16.6. The molecule has 3 heteroatoms. The van der Waals surface area contributed by atoms with Crippen LogP contribution in [-0.2, 0) is 14.3 Å². The van der Waals surface area contributed by atoms with E-state index in [1.807, 2.05) is 6.08 Å². The van der Waals surface area contributed by atoms with E-state index in [0.29, 0.717) is 42.8 Å². The molecule has 0 radical (unpaired) electrons. The standard InChI is InChI=1S/C25H32O3/c1-4-5-16-14-17-15-18(26)6-10-23(17,2)19-7-11-24(3)20(22(16)19)8-12-25(24)13-9-21(27)28-25/h4,7,14,16,20,22H,1,5-6,8-13,15H2,2-3H3/t16-,20+,22-,23+,24+,25-/m1/s1. The van der Waals surface area contributed by atoms with Crippen molar-refractivity contribution >= 4 is 11.8 Å². The molecular weight excluding hydrogens is 348 g/mol. The number of ether oxygens (including phenoxy) is 1. The van der Waals surface area contributed by atoms with Crippen molar-refractivity contribution in [2.45, 2.75) is 77.2 Å². The van der Waals surface area contributed by atoms with Crippen LogP contribution >= 0.6 is 0 Å². The molecule has 1 heterocycles. The van der Waals surface area contributed by atoms with E-state index in [1.165, 1.54) is 5.57 Å². The zero-order valence-electron chi connectivity index (χ0n) is 17.3. The summed E-state index contributed by atoms with van der Waals surface area (Å²) in [6.07, 6.45) is 14.8. The van der Waals surface area contributed by atoms with Crippen molar-refractivity contribution in [2.75, 3.05) is 0 Å². The molecule has 0 N–H and O–H groups in total. The molecular formula is C25H32O3. The first-order valence-electron chi connectivity index (χ1n) is 11.1. The van der Waals surface area contributed by atoms with Crippen LogP contribution in [0.25, 0.3) is 0 Å². The molecule has 1 spiro atoms. The van der Waals surface area contributed by atoms with Gasteiger partial charge in [-0.15, -0.1) is 6.58 Å². The molecule has 3 fully saturated rings. The number of ketones is 1. The van der Waals surface area contributed by atoms with Gasteiger partial charge in [-0.3, -0.25) is 9.59 Å². The Kier molecular flexibility index (Phi) is 3.90. The lowest BCUT2D eigenvalue weighted by Crippen LogP contribution is -2.52. The Morgan fingerprint density at radius 3 is 2.75 bits per heavy atom. The Bertz CT molecular complexity index is 820. The van der Waals surface area contributed by atoms with Gasteiger partial charge in [0.05, 0.1) is 0 Å². The van der Waals surface area contributed by atoms with Gasteiger partial charge < -0.3 is 4.74 Å². The van der Waals surface area contributed by atoms with Crippen LogP contribution in [0.4, 0.5) is 0 Å². The van der Waals surface area contributed by atoms with Crippen molar-refractivity contribution in [3.63, 3.8) is 0 Å². The number of fused-ring (bicyclic) bond motifs is 6. The summed E-state index contributed by atoms with van der Waals surface area (Å²) in [5.41, 5.74) is 2.73. The van der Waals surface area contributed by atoms with Gasteiger partial charge in [-0.25, -0.2) is 0 Å². The van der Waals surface area contributed by atoms with Gasteiger partial charge in [0.25, 0.3) is 0 Å². The molecule has 5 aliphatic rings. The summed E-state index contributed by atoms with van der Waals surface area (Å²) in [6.45, 7) is 8.78. The Morgan fingerprint density at radius 1 is 1.21 bits per heavy atom. The predicted octanol–water partition coefficient (Wildman–Crippen LogP) is 5.32. The molecule has 0 aromatic heterocycles. The zero-order valence-corrected chi connectivity index (χ0v) is 17.3. The van der Waals surface area contributed by atoms with Crippen LogP contribution in [0, 0.1) is 28.6 Å². The number of esters is 1. The van der Waals surface area contributed by atoms with Crippen molar-refractivity contribution in [1.82, 2.24) is 0 Å². The topological polar surface area (TPSA) is 43.4 Å². The van der Waals surface area contributed by atoms with E-state index in [1.54, 1.807) is 5.57 Å². The Morgan fingerprint density at radius 2 is 2.04 bits per heavy atom. The number of allylic oxidation sites excluding steroid dienone is 5. The molecule has 0 unspecified atom stereocenters. The van der Waals surface area contributed by atoms with Crippen LogP contribution in [0.1, 0.15) is 71.6 Å². The summed E-state index contributed by atoms with van der Waals surface area (Å²) in [4.78, 5) is 24.2. The van der Waals surface area contributed by atoms with E-state index in [4.69, 9.17) is 4.74 Å². The number of carbonyl (C=O) groups is 2. The lowest BCUT2D eigenvalue weighted by Gasteiger charge is -2.56. The maximum absolute atomic E-state index is 12.2. The molecule has 3 nitrogen and oxygen atoms in total. The van der Waals surface area contributed by atoms with Crippen molar-refractivity contribution in [3.05, 3.63) is 36.0 Å². The number of carbonyl (C=O) groups excluding carboxylic acids is 2. The third kappa shape index (κ3) is 2.22. The highest BCUT2D eigenvalue weighted by molar-refractivity contribution is 5.83. The van der Waals surface area contributed by atoms with E-state index >= 15 is 0 Å². The Balaban J connectivity index is 1.60. The summed E-state index contributed by atoms with van der Waals surface area (Å²) in [7, 11) is 0. The normalized spacial score (nSPS) is 47.0. The molecule has 0 amide bonds. The van der Waals surface area contributed by atoms with Gasteiger partial charge >= 0.3 is 5.97 Å². The molecule has 150 valence electrons. The molecule has 0 aromatic rings. The summed E-state index contributed by atoms with van der Waals surface area (Å²) < 4.78 is 6.05. The van der Waals surface area contributed by atoms with Gasteiger partial charge in [0, 0.05) is 30.1 Å². The maximum atomic E-state index is 12.2. The fraction of sp³-hybridized carbons (Fsp3) is 0.680. The fourth-order valence-corrected chi connectivity index (χ4v) is 7.63. The number of rotatable bonds is 2. The highest BCUT2D eigenvalue weighted by Gasteiger charge is 2.66. The molecule has 1 aliphatic heterocycles. The SMILES string of the molecule is C=CC[C@@H]1C=C2CC(=O)CC[C@]2(C)C2=CC[C@@]3(C)[C@@H](CC[C@@]34CCC(=O)O4)[C@@H]21. The quantitative estimate of drug-likeness (QED) is 0.481. The third-order valence-corrected chi connectivity index (χ3v) is 9.25.